The number of nitrogens with zero attached hydrogens (tertiary/aromatic N) is 2. The van der Waals surface area contributed by atoms with Crippen LogP contribution in [0, 0.1) is 10.1 Å². The molecule has 0 radical (unpaired) electrons. The first-order valence-electron chi connectivity index (χ1n) is 5.43. The Morgan fingerprint density at radius 1 is 1.38 bits per heavy atom. The SMILES string of the molecule is Nc1c(C(=O)O)cccc1C(=O)Nc1ncc([N+](=O)[O-])s1. The van der Waals surface area contributed by atoms with Gasteiger partial charge in [0.2, 0.25) is 0 Å². The number of carboxylic acid groups (broad SMARTS) is 1. The highest BCUT2D eigenvalue weighted by Gasteiger charge is 2.18. The summed E-state index contributed by atoms with van der Waals surface area (Å²) in [7, 11) is 0. The minimum Gasteiger partial charge on any atom is -0.478 e. The number of hydrogen-bond acceptors (Lipinski definition) is 7. The normalized spacial score (nSPS) is 10.1. The van der Waals surface area contributed by atoms with Gasteiger partial charge in [0.15, 0.2) is 5.13 Å². The molecule has 0 fully saturated rings. The van der Waals surface area contributed by atoms with Crippen LogP contribution in [-0.4, -0.2) is 26.9 Å². The molecule has 1 aromatic heterocycles. The Hall–Kier alpha value is -3.01. The zero-order valence-electron chi connectivity index (χ0n) is 10.3. The van der Waals surface area contributed by atoms with Gasteiger partial charge in [-0.15, -0.1) is 0 Å². The predicted octanol–water partition coefficient (Wildman–Crippen LogP) is 1.58. The van der Waals surface area contributed by atoms with Gasteiger partial charge in [-0.3, -0.25) is 20.2 Å². The van der Waals surface area contributed by atoms with Gasteiger partial charge in [0, 0.05) is 0 Å². The van der Waals surface area contributed by atoms with E-state index in [-0.39, 0.29) is 26.9 Å². The number of nitrogens with one attached hydrogen (secondary N) is 1. The number of rotatable bonds is 4. The largest absolute Gasteiger partial charge is 0.478 e. The van der Waals surface area contributed by atoms with E-state index in [9.17, 15) is 19.7 Å². The number of hydrogen-bond donors (Lipinski definition) is 3. The summed E-state index contributed by atoms with van der Waals surface area (Å²) in [4.78, 5) is 36.5. The van der Waals surface area contributed by atoms with Gasteiger partial charge >= 0.3 is 11.0 Å². The first-order valence-corrected chi connectivity index (χ1v) is 6.25. The zero-order valence-corrected chi connectivity index (χ0v) is 11.1. The number of carbonyl (C=O) groups excluding carboxylic acids is 1. The van der Waals surface area contributed by atoms with Gasteiger partial charge in [0.25, 0.3) is 5.91 Å². The van der Waals surface area contributed by atoms with Gasteiger partial charge in [0.1, 0.15) is 6.20 Å². The van der Waals surface area contributed by atoms with Crippen LogP contribution in [0.15, 0.2) is 24.4 Å². The van der Waals surface area contributed by atoms with Crippen LogP contribution in [0.3, 0.4) is 0 Å². The molecule has 4 N–H and O–H groups in total. The van der Waals surface area contributed by atoms with Crippen LogP contribution in [0.25, 0.3) is 0 Å². The number of nitrogens with two attached hydrogens (primary N) is 1. The maximum Gasteiger partial charge on any atom is 0.345 e. The Bertz CT molecular complexity index is 742. The number of aromatic carboxylic acids is 1. The van der Waals surface area contributed by atoms with Crippen LogP contribution in [0.5, 0.6) is 0 Å². The molecule has 0 saturated heterocycles. The lowest BCUT2D eigenvalue weighted by atomic mass is 10.1. The van der Waals surface area contributed by atoms with Gasteiger partial charge in [-0.1, -0.05) is 6.07 Å². The smallest absolute Gasteiger partial charge is 0.345 e. The number of aromatic nitrogens is 1. The van der Waals surface area contributed by atoms with Crippen LogP contribution in [0.4, 0.5) is 15.8 Å². The van der Waals surface area contributed by atoms with Crippen LogP contribution >= 0.6 is 11.3 Å². The molecule has 1 aromatic carbocycles. The third kappa shape index (κ3) is 2.95. The molecular formula is C11H8N4O5S. The summed E-state index contributed by atoms with van der Waals surface area (Å²) in [6.07, 6.45) is 1.01. The number of nitro groups is 1. The maximum atomic E-state index is 12.0. The summed E-state index contributed by atoms with van der Waals surface area (Å²) < 4.78 is 0. The molecule has 10 heteroatoms. The van der Waals surface area contributed by atoms with Gasteiger partial charge < -0.3 is 10.8 Å². The minimum absolute atomic E-state index is 0.0202. The van der Waals surface area contributed by atoms with E-state index < -0.39 is 16.8 Å². The molecule has 1 heterocycles. The van der Waals surface area contributed by atoms with E-state index in [0.717, 1.165) is 6.20 Å². The molecule has 9 nitrogen and oxygen atoms in total. The zero-order chi connectivity index (χ0) is 15.6. The summed E-state index contributed by atoms with van der Waals surface area (Å²) >= 11 is 0.681. The predicted molar refractivity (Wildman–Crippen MR) is 74.5 cm³/mol. The van der Waals surface area contributed by atoms with Crippen molar-refractivity contribution in [1.82, 2.24) is 4.98 Å². The van der Waals surface area contributed by atoms with Crippen molar-refractivity contribution in [2.45, 2.75) is 0 Å². The van der Waals surface area contributed by atoms with Gasteiger partial charge in [0.05, 0.1) is 21.7 Å². The fourth-order valence-electron chi connectivity index (χ4n) is 1.52. The number of benzene rings is 1. The molecule has 0 unspecified atom stereocenters. The Balaban J connectivity index is 2.26. The molecule has 0 spiro atoms. The molecular weight excluding hydrogens is 300 g/mol. The van der Waals surface area contributed by atoms with Gasteiger partial charge in [-0.25, -0.2) is 9.78 Å². The average Bonchev–Trinajstić information content (AvgIpc) is 2.87. The number of nitrogen functional groups attached to an aromatic ring is 1. The molecule has 0 saturated carbocycles. The van der Waals surface area contributed by atoms with Crippen molar-refractivity contribution >= 4 is 39.0 Å². The molecule has 2 rings (SSSR count). The quantitative estimate of drug-likeness (QED) is 0.441. The second-order valence-corrected chi connectivity index (χ2v) is 4.80. The van der Waals surface area contributed by atoms with Crippen molar-refractivity contribution in [3.05, 3.63) is 45.6 Å². The summed E-state index contributed by atoms with van der Waals surface area (Å²) in [6, 6.07) is 3.99. The van der Waals surface area contributed by atoms with E-state index in [1.807, 2.05) is 0 Å². The summed E-state index contributed by atoms with van der Waals surface area (Å²) in [5.74, 6) is -1.95. The van der Waals surface area contributed by atoms with E-state index in [4.69, 9.17) is 10.8 Å². The lowest BCUT2D eigenvalue weighted by molar-refractivity contribution is -0.380. The number of carbonyl (C=O) groups is 2. The lowest BCUT2D eigenvalue weighted by Gasteiger charge is -2.07. The Labute approximate surface area is 121 Å². The topological polar surface area (TPSA) is 148 Å². The monoisotopic (exact) mass is 308 g/mol. The molecule has 2 aromatic rings. The van der Waals surface area contributed by atoms with Crippen LogP contribution < -0.4 is 11.1 Å². The summed E-state index contributed by atoms with van der Waals surface area (Å²) in [5, 5.41) is 21.6. The van der Waals surface area contributed by atoms with E-state index in [2.05, 4.69) is 10.3 Å². The van der Waals surface area contributed by atoms with Crippen molar-refractivity contribution in [2.24, 2.45) is 0 Å². The maximum absolute atomic E-state index is 12.0. The van der Waals surface area contributed by atoms with Crippen molar-refractivity contribution in [3.8, 4) is 0 Å². The number of anilines is 2. The molecule has 108 valence electrons. The van der Waals surface area contributed by atoms with Crippen LogP contribution in [0.2, 0.25) is 0 Å². The van der Waals surface area contributed by atoms with E-state index in [1.165, 1.54) is 18.2 Å². The summed E-state index contributed by atoms with van der Waals surface area (Å²) in [6.45, 7) is 0. The Morgan fingerprint density at radius 3 is 2.62 bits per heavy atom. The van der Waals surface area contributed by atoms with E-state index in [0.29, 0.717) is 11.3 Å². The second-order valence-electron chi connectivity index (χ2n) is 3.79. The van der Waals surface area contributed by atoms with Crippen LogP contribution in [-0.2, 0) is 0 Å². The fourth-order valence-corrected chi connectivity index (χ4v) is 2.15. The first kappa shape index (κ1) is 14.4. The third-order valence-electron chi connectivity index (χ3n) is 2.48. The van der Waals surface area contributed by atoms with Crippen molar-refractivity contribution in [1.29, 1.82) is 0 Å². The van der Waals surface area contributed by atoms with Crippen molar-refractivity contribution in [3.63, 3.8) is 0 Å². The van der Waals surface area contributed by atoms with Crippen LogP contribution in [0.1, 0.15) is 20.7 Å². The second kappa shape index (κ2) is 5.54. The third-order valence-corrected chi connectivity index (χ3v) is 3.34. The Morgan fingerprint density at radius 2 is 2.05 bits per heavy atom. The molecule has 0 aliphatic heterocycles. The molecule has 1 amide bonds. The number of carboxylic acids is 1. The number of thiazole rings is 1. The molecule has 0 atom stereocenters. The summed E-state index contributed by atoms with van der Waals surface area (Å²) in [5.41, 5.74) is 5.19. The van der Waals surface area contributed by atoms with Crippen molar-refractivity contribution in [2.75, 3.05) is 11.1 Å². The van der Waals surface area contributed by atoms with Crippen molar-refractivity contribution < 1.29 is 19.6 Å². The molecule has 0 bridgehead atoms. The van der Waals surface area contributed by atoms with E-state index >= 15 is 0 Å². The lowest BCUT2D eigenvalue weighted by Crippen LogP contribution is -2.16. The number of para-hydroxylation sites is 1. The molecule has 0 aliphatic carbocycles. The highest BCUT2D eigenvalue weighted by Crippen LogP contribution is 2.26. The number of amides is 1. The van der Waals surface area contributed by atoms with Gasteiger partial charge in [-0.05, 0) is 23.5 Å². The fraction of sp³-hybridized carbons (Fsp3) is 0. The molecule has 21 heavy (non-hydrogen) atoms. The highest BCUT2D eigenvalue weighted by atomic mass is 32.1. The standard InChI is InChI=1S/C11H8N4O5S/c12-8-5(2-1-3-6(8)10(17)18)9(16)14-11-13-4-7(21-11)15(19)20/h1-4H,12H2,(H,17,18)(H,13,14,16). The average molecular weight is 308 g/mol. The minimum atomic E-state index is -1.26. The Kier molecular flexibility index (Phi) is 3.80. The van der Waals surface area contributed by atoms with E-state index in [1.54, 1.807) is 0 Å². The highest BCUT2D eigenvalue weighted by molar-refractivity contribution is 7.18. The molecule has 0 aliphatic rings. The van der Waals surface area contributed by atoms with Gasteiger partial charge in [-0.2, -0.15) is 0 Å². The first-order chi connectivity index (χ1) is 9.90.